The zero-order valence-corrected chi connectivity index (χ0v) is 60.0. The van der Waals surface area contributed by atoms with E-state index in [1.54, 1.807) is 0 Å². The molecule has 0 amide bonds. The first-order valence-electron chi connectivity index (χ1n) is 39.4. The molecule has 12 heterocycles. The zero-order chi connectivity index (χ0) is 64.5. The van der Waals surface area contributed by atoms with Crippen molar-refractivity contribution in [1.29, 1.82) is 0 Å². The van der Waals surface area contributed by atoms with Crippen LogP contribution in [0.4, 0.5) is 79.6 Å². The van der Waals surface area contributed by atoms with Crippen LogP contribution in [-0.2, 0) is 0 Å². The lowest BCUT2D eigenvalue weighted by atomic mass is 10.1. The van der Waals surface area contributed by atoms with Crippen LogP contribution in [0.1, 0.15) is 154 Å². The van der Waals surface area contributed by atoms with E-state index in [0.717, 1.165) is 211 Å². The molecular formula is C76H102N20P2. The standard InChI is InChI=1S/C76H102N20P2/c1-2-32-85(31-1)65-59(66(65)86-33-3-4-34-86)79-97(80-60-67(87-35-5-6-36-87)68(60)88-37-7-8-38-88,81-61-69(89-39-9-10-40-89)70(61)90-41-11-12-42-90)77-56-29-25-27-55-28-26-30-57(58(55)56)78-98(82-62-71(91-43-13-14-44-91)72(62)92-45-15-16-46-92,83-63-73(93-47-17-18-48-93)74(63)94-49-19-20-50-94)84-64-75(95-51-21-22-52-95)76(64)96-53-23-24-54-96/h25-30H,1-24,31-54H2. The second kappa shape index (κ2) is 25.1. The molecule has 12 fully saturated rings. The third-order valence-corrected chi connectivity index (χ3v) is 28.3. The van der Waals surface area contributed by atoms with Crippen LogP contribution < -0.4 is 90.9 Å². The Hall–Kier alpha value is -6.78. The molecule has 20 rings (SSSR count). The van der Waals surface area contributed by atoms with E-state index in [1.807, 2.05) is 0 Å². The normalized spacial score (nSPS) is 22.3. The Morgan fingerprint density at radius 2 is 0.337 bits per heavy atom. The Bertz CT molecular complexity index is 3670. The molecule has 0 atom stereocenters. The molecule has 0 aliphatic carbocycles. The molecule has 12 aliphatic rings. The zero-order valence-electron chi connectivity index (χ0n) is 58.2. The van der Waals surface area contributed by atoms with Crippen molar-refractivity contribution in [2.75, 3.05) is 216 Å². The van der Waals surface area contributed by atoms with Crippen LogP contribution in [0.25, 0.3) is 10.8 Å². The summed E-state index contributed by atoms with van der Waals surface area (Å²) in [7, 11) is -7.13. The molecule has 22 heteroatoms. The first kappa shape index (κ1) is 61.1. The first-order chi connectivity index (χ1) is 48.5. The predicted octanol–water partition coefficient (Wildman–Crippen LogP) is 12.1. The lowest BCUT2D eigenvalue weighted by Gasteiger charge is -2.15. The summed E-state index contributed by atoms with van der Waals surface area (Å²) in [5.74, 6) is 0. The van der Waals surface area contributed by atoms with Gasteiger partial charge in [-0.1, -0.05) is 24.3 Å². The van der Waals surface area contributed by atoms with Gasteiger partial charge in [0, 0.05) is 162 Å². The monoisotopic (exact) mass is 1360 g/mol. The molecular weight excluding hydrogens is 1250 g/mol. The Labute approximate surface area is 579 Å². The molecule has 12 saturated heterocycles. The lowest BCUT2D eigenvalue weighted by molar-refractivity contribution is 0.949. The van der Waals surface area contributed by atoms with Crippen molar-refractivity contribution in [2.24, 2.45) is 38.1 Å². The molecule has 98 heavy (non-hydrogen) atoms. The highest BCUT2D eigenvalue weighted by Gasteiger charge is 2.44. The first-order valence-corrected chi connectivity index (χ1v) is 42.6. The Morgan fingerprint density at radius 3 is 0.480 bits per heavy atom. The van der Waals surface area contributed by atoms with Crippen LogP contribution in [0.3, 0.4) is 0 Å². The summed E-state index contributed by atoms with van der Waals surface area (Å²) in [6, 6.07) is 13.6. The van der Waals surface area contributed by atoms with Gasteiger partial charge in [0.2, 0.25) is 0 Å². The largest absolute Gasteiger partial charge is 0.368 e. The van der Waals surface area contributed by atoms with Gasteiger partial charge in [0.05, 0.1) is 79.6 Å². The Kier molecular flexibility index (Phi) is 15.6. The van der Waals surface area contributed by atoms with Crippen LogP contribution in [-0.4, -0.2) is 157 Å². The number of rotatable bonds is 20. The molecule has 12 aliphatic heterocycles. The molecule has 0 spiro atoms. The van der Waals surface area contributed by atoms with Crippen molar-refractivity contribution in [1.82, 2.24) is 0 Å². The fourth-order valence-corrected chi connectivity index (χ4v) is 23.4. The summed E-state index contributed by atoms with van der Waals surface area (Å²) < 4.78 is 51.1. The lowest BCUT2D eigenvalue weighted by Crippen LogP contribution is -2.18. The second-order valence-electron chi connectivity index (χ2n) is 31.1. The number of hydrogen-bond acceptors (Lipinski definition) is 14. The quantitative estimate of drug-likeness (QED) is 0.0672. The smallest absolute Gasteiger partial charge is 0.307 e. The van der Waals surface area contributed by atoms with E-state index in [1.165, 1.54) is 222 Å². The van der Waals surface area contributed by atoms with Gasteiger partial charge in [0.15, 0.2) is 0 Å². The molecule has 0 radical (unpaired) electrons. The van der Waals surface area contributed by atoms with E-state index in [9.17, 15) is 0 Å². The average Bonchev–Trinajstić information content (AvgIpc) is 1.55. The summed E-state index contributed by atoms with van der Waals surface area (Å²) in [6.45, 7) is 25.5. The van der Waals surface area contributed by atoms with Crippen LogP contribution in [0.5, 0.6) is 0 Å². The highest BCUT2D eigenvalue weighted by Crippen LogP contribution is 2.64. The van der Waals surface area contributed by atoms with E-state index in [0.29, 0.717) is 0 Å². The van der Waals surface area contributed by atoms with Crippen molar-refractivity contribution < 1.29 is 0 Å². The number of nitrogens with zero attached hydrogens (tertiary/aromatic N) is 20. The van der Waals surface area contributed by atoms with Gasteiger partial charge in [0.25, 0.3) is 0 Å². The van der Waals surface area contributed by atoms with Crippen molar-refractivity contribution in [2.45, 2.75) is 154 Å². The van der Waals surface area contributed by atoms with Gasteiger partial charge in [-0.2, -0.15) is 0 Å². The molecule has 0 N–H and O–H groups in total. The molecule has 516 valence electrons. The summed E-state index contributed by atoms with van der Waals surface area (Å²) in [4.78, 5) is 31.9. The van der Waals surface area contributed by atoms with Gasteiger partial charge in [-0.05, 0) is 172 Å². The van der Waals surface area contributed by atoms with Crippen molar-refractivity contribution in [3.05, 3.63) is 68.5 Å². The SMILES string of the molecule is c1cc(N=P(N=c2c(N3CCCC3)c2N2CCCC2)(N=c2c(N3CCCC3)c2N2CCCC2)N=c2c(N3CCCC3)c2N2CCCC2)c2c(N=P(N=c3c(N4CCCC4)c3N3CCCC3)(N=c3c(N4CCCC4)c3N3CCCC3)N=c3c(N4CCCC4)c3N3CCCC3)cccc2c1. The maximum Gasteiger partial charge on any atom is 0.307 e. The van der Waals surface area contributed by atoms with Crippen LogP contribution in [0, 0.1) is 0 Å². The molecule has 0 bridgehead atoms. The topological polar surface area (TPSA) is 138 Å². The van der Waals surface area contributed by atoms with E-state index >= 15 is 0 Å². The fraction of sp³-hybridized carbons (Fsp3) is 0.632. The number of benzene rings is 2. The molecule has 0 unspecified atom stereocenters. The van der Waals surface area contributed by atoms with Gasteiger partial charge in [0.1, 0.15) is 32.1 Å². The summed E-state index contributed by atoms with van der Waals surface area (Å²) in [6.07, 6.45) is 29.0. The van der Waals surface area contributed by atoms with E-state index < -0.39 is 15.0 Å². The van der Waals surface area contributed by atoms with Gasteiger partial charge < -0.3 is 58.8 Å². The highest BCUT2D eigenvalue weighted by atomic mass is 31.2. The molecule has 0 saturated carbocycles. The molecule has 8 aromatic rings. The Morgan fingerprint density at radius 1 is 0.194 bits per heavy atom. The van der Waals surface area contributed by atoms with Gasteiger partial charge in [-0.25, -0.2) is 38.1 Å². The maximum absolute atomic E-state index is 6.46. The third-order valence-electron chi connectivity index (χ3n) is 24.5. The number of fused-ring (bicyclic) bond motifs is 1. The van der Waals surface area contributed by atoms with Crippen LogP contribution in [0.2, 0.25) is 0 Å². The molecule has 8 aromatic carbocycles. The van der Waals surface area contributed by atoms with Crippen LogP contribution >= 0.6 is 15.0 Å². The van der Waals surface area contributed by atoms with Crippen molar-refractivity contribution in [3.8, 4) is 0 Å². The maximum atomic E-state index is 6.46. The molecule has 20 nitrogen and oxygen atoms in total. The minimum absolute atomic E-state index is 0.850. The summed E-state index contributed by atoms with van der Waals surface area (Å²) in [5, 5.41) is 8.71. The summed E-state index contributed by atoms with van der Waals surface area (Å²) in [5.41, 5.74) is 17.7. The number of hydrogen-bond donors (Lipinski definition) is 0. The van der Waals surface area contributed by atoms with Gasteiger partial charge in [-0.3, -0.25) is 0 Å². The third kappa shape index (κ3) is 11.2. The predicted molar refractivity (Wildman–Crippen MR) is 406 cm³/mol. The average molecular weight is 1360 g/mol. The van der Waals surface area contributed by atoms with Gasteiger partial charge in [-0.15, -0.1) is 0 Å². The molecule has 0 aromatic heterocycles. The van der Waals surface area contributed by atoms with E-state index in [2.05, 4.69) is 95.2 Å². The van der Waals surface area contributed by atoms with E-state index in [4.69, 9.17) is 38.1 Å². The second-order valence-corrected chi connectivity index (χ2v) is 34.9. The summed E-state index contributed by atoms with van der Waals surface area (Å²) >= 11 is 0. The highest BCUT2D eigenvalue weighted by molar-refractivity contribution is 7.62. The van der Waals surface area contributed by atoms with Crippen LogP contribution in [0.15, 0.2) is 74.5 Å². The van der Waals surface area contributed by atoms with Crippen molar-refractivity contribution >= 4 is 105 Å². The minimum Gasteiger partial charge on any atom is -0.368 e. The van der Waals surface area contributed by atoms with Crippen molar-refractivity contribution in [3.63, 3.8) is 0 Å². The number of anilines is 12. The van der Waals surface area contributed by atoms with Gasteiger partial charge >= 0.3 is 15.0 Å². The van der Waals surface area contributed by atoms with E-state index in [-0.39, 0.29) is 0 Å². The Balaban J connectivity index is 0.891. The minimum atomic E-state index is -3.57. The fourth-order valence-electron chi connectivity index (χ4n) is 19.2.